The third-order valence-electron chi connectivity index (χ3n) is 3.42. The zero-order valence-corrected chi connectivity index (χ0v) is 12.8. The molecule has 0 spiro atoms. The maximum absolute atomic E-state index is 14.0. The second kappa shape index (κ2) is 6.21. The Morgan fingerprint density at radius 2 is 1.83 bits per heavy atom. The predicted octanol–water partition coefficient (Wildman–Crippen LogP) is 4.05. The molecule has 6 nitrogen and oxygen atoms in total. The first-order chi connectivity index (χ1) is 11.5. The summed E-state index contributed by atoms with van der Waals surface area (Å²) in [6, 6.07) is 11.6. The van der Waals surface area contributed by atoms with Crippen LogP contribution in [-0.4, -0.2) is 21.0 Å². The molecule has 0 N–H and O–H groups in total. The molecular weight excluding hydrogens is 337 g/mol. The van der Waals surface area contributed by atoms with Crippen LogP contribution in [0.1, 0.15) is 10.4 Å². The Balaban J connectivity index is 2.29. The molecule has 1 heterocycles. The van der Waals surface area contributed by atoms with Gasteiger partial charge >= 0.3 is 0 Å². The molecule has 0 aliphatic rings. The lowest BCUT2D eigenvalue weighted by molar-refractivity contribution is -0.384. The predicted molar refractivity (Wildman–Crippen MR) is 86.0 cm³/mol. The average Bonchev–Trinajstić information content (AvgIpc) is 2.91. The molecule has 24 heavy (non-hydrogen) atoms. The average molecular weight is 346 g/mol. The maximum atomic E-state index is 14.0. The highest BCUT2D eigenvalue weighted by atomic mass is 35.5. The summed E-state index contributed by atoms with van der Waals surface area (Å²) in [4.78, 5) is 22.0. The summed E-state index contributed by atoms with van der Waals surface area (Å²) in [5.74, 6) is -0.589. The number of rotatable bonds is 4. The molecule has 0 fully saturated rings. The topological polar surface area (TPSA) is 78.0 Å². The van der Waals surface area contributed by atoms with Gasteiger partial charge < -0.3 is 0 Å². The molecule has 0 atom stereocenters. The van der Waals surface area contributed by atoms with Gasteiger partial charge in [0.1, 0.15) is 22.4 Å². The molecule has 0 saturated heterocycles. The number of nitro benzene ring substituents is 1. The zero-order valence-electron chi connectivity index (χ0n) is 12.0. The van der Waals surface area contributed by atoms with Crippen LogP contribution >= 0.6 is 11.6 Å². The first-order valence-corrected chi connectivity index (χ1v) is 7.14. The molecule has 0 aliphatic heterocycles. The fourth-order valence-corrected chi connectivity index (χ4v) is 2.59. The van der Waals surface area contributed by atoms with Gasteiger partial charge in [-0.1, -0.05) is 35.9 Å². The molecule has 0 bridgehead atoms. The van der Waals surface area contributed by atoms with Crippen LogP contribution in [0.3, 0.4) is 0 Å². The lowest BCUT2D eigenvalue weighted by Gasteiger charge is -2.03. The number of carbonyl (C=O) groups is 1. The van der Waals surface area contributed by atoms with Crippen molar-refractivity contribution in [2.24, 2.45) is 0 Å². The van der Waals surface area contributed by atoms with E-state index < -0.39 is 10.7 Å². The molecule has 3 aromatic rings. The molecule has 0 unspecified atom stereocenters. The summed E-state index contributed by atoms with van der Waals surface area (Å²) in [7, 11) is 0. The van der Waals surface area contributed by atoms with Gasteiger partial charge in [0, 0.05) is 6.07 Å². The van der Waals surface area contributed by atoms with Gasteiger partial charge in [-0.2, -0.15) is 5.10 Å². The Morgan fingerprint density at radius 3 is 2.50 bits per heavy atom. The van der Waals surface area contributed by atoms with E-state index in [1.54, 1.807) is 12.1 Å². The van der Waals surface area contributed by atoms with E-state index in [-0.39, 0.29) is 33.3 Å². The molecule has 3 rings (SSSR count). The highest BCUT2D eigenvalue weighted by molar-refractivity contribution is 6.32. The minimum absolute atomic E-state index is 0.0190. The standard InChI is InChI=1S/C16H9ClFN3O3/c17-16-11(9-22)15(10-5-1-3-7-13(10)21(23)24)19-20(16)14-8-4-2-6-12(14)18/h1-9H. The van der Waals surface area contributed by atoms with Crippen LogP contribution in [0.5, 0.6) is 0 Å². The van der Waals surface area contributed by atoms with Crippen molar-refractivity contribution in [3.63, 3.8) is 0 Å². The first kappa shape index (κ1) is 15.8. The van der Waals surface area contributed by atoms with Crippen LogP contribution in [-0.2, 0) is 0 Å². The molecule has 120 valence electrons. The Bertz CT molecular complexity index is 955. The van der Waals surface area contributed by atoms with Crippen molar-refractivity contribution in [2.45, 2.75) is 0 Å². The summed E-state index contributed by atoms with van der Waals surface area (Å²) in [5, 5.41) is 15.2. The van der Waals surface area contributed by atoms with Gasteiger partial charge in [-0.25, -0.2) is 9.07 Å². The number of aldehydes is 1. The van der Waals surface area contributed by atoms with Gasteiger partial charge in [0.25, 0.3) is 5.69 Å². The summed E-state index contributed by atoms with van der Waals surface area (Å²) in [6.45, 7) is 0. The van der Waals surface area contributed by atoms with Crippen molar-refractivity contribution >= 4 is 23.6 Å². The highest BCUT2D eigenvalue weighted by Crippen LogP contribution is 2.35. The van der Waals surface area contributed by atoms with Crippen molar-refractivity contribution in [1.82, 2.24) is 9.78 Å². The van der Waals surface area contributed by atoms with E-state index in [0.29, 0.717) is 6.29 Å². The quantitative estimate of drug-likeness (QED) is 0.406. The van der Waals surface area contributed by atoms with Crippen LogP contribution in [0, 0.1) is 15.9 Å². The Hall–Kier alpha value is -3.06. The number of nitro groups is 1. The molecular formula is C16H9ClFN3O3. The number of para-hydroxylation sites is 2. The minimum Gasteiger partial charge on any atom is -0.298 e. The van der Waals surface area contributed by atoms with Crippen LogP contribution in [0.25, 0.3) is 16.9 Å². The summed E-state index contributed by atoms with van der Waals surface area (Å²) >= 11 is 6.15. The van der Waals surface area contributed by atoms with Crippen LogP contribution in [0.4, 0.5) is 10.1 Å². The Morgan fingerprint density at radius 1 is 1.17 bits per heavy atom. The van der Waals surface area contributed by atoms with Gasteiger partial charge in [-0.15, -0.1) is 0 Å². The molecule has 1 aromatic heterocycles. The van der Waals surface area contributed by atoms with Crippen molar-refractivity contribution < 1.29 is 14.1 Å². The molecule has 8 heteroatoms. The van der Waals surface area contributed by atoms with Gasteiger partial charge in [0.2, 0.25) is 0 Å². The number of halogens is 2. The number of nitrogens with zero attached hydrogens (tertiary/aromatic N) is 3. The second-order valence-electron chi connectivity index (χ2n) is 4.81. The van der Waals surface area contributed by atoms with E-state index >= 15 is 0 Å². The smallest absolute Gasteiger partial charge is 0.278 e. The molecule has 0 aliphatic carbocycles. The highest BCUT2D eigenvalue weighted by Gasteiger charge is 2.24. The fourth-order valence-electron chi connectivity index (χ4n) is 2.33. The van der Waals surface area contributed by atoms with Gasteiger partial charge in [-0.05, 0) is 18.2 Å². The van der Waals surface area contributed by atoms with Crippen molar-refractivity contribution in [2.75, 3.05) is 0 Å². The molecule has 2 aromatic carbocycles. The number of aromatic nitrogens is 2. The summed E-state index contributed by atoms with van der Waals surface area (Å²) < 4.78 is 15.0. The third kappa shape index (κ3) is 2.55. The van der Waals surface area contributed by atoms with Crippen molar-refractivity contribution in [3.8, 4) is 16.9 Å². The zero-order chi connectivity index (χ0) is 17.3. The number of hydrogen-bond acceptors (Lipinski definition) is 4. The first-order valence-electron chi connectivity index (χ1n) is 6.77. The monoisotopic (exact) mass is 345 g/mol. The van der Waals surface area contributed by atoms with E-state index in [1.807, 2.05) is 0 Å². The second-order valence-corrected chi connectivity index (χ2v) is 5.17. The van der Waals surface area contributed by atoms with E-state index in [2.05, 4.69) is 5.10 Å². The van der Waals surface area contributed by atoms with E-state index in [1.165, 1.54) is 36.4 Å². The molecule has 0 saturated carbocycles. The van der Waals surface area contributed by atoms with E-state index in [0.717, 1.165) is 4.68 Å². The normalized spacial score (nSPS) is 10.6. The Labute approximate surface area is 140 Å². The van der Waals surface area contributed by atoms with Gasteiger partial charge in [-0.3, -0.25) is 14.9 Å². The molecule has 0 radical (unpaired) electrons. The maximum Gasteiger partial charge on any atom is 0.278 e. The van der Waals surface area contributed by atoms with Gasteiger partial charge in [0.15, 0.2) is 6.29 Å². The van der Waals surface area contributed by atoms with Crippen molar-refractivity contribution in [3.05, 3.63) is 75.2 Å². The largest absolute Gasteiger partial charge is 0.298 e. The van der Waals surface area contributed by atoms with Crippen LogP contribution < -0.4 is 0 Å². The number of hydrogen-bond donors (Lipinski definition) is 0. The number of benzene rings is 2. The van der Waals surface area contributed by atoms with Crippen LogP contribution in [0.2, 0.25) is 5.15 Å². The minimum atomic E-state index is -0.589. The molecule has 0 amide bonds. The summed E-state index contributed by atoms with van der Waals surface area (Å²) in [6.07, 6.45) is 0.443. The van der Waals surface area contributed by atoms with Gasteiger partial charge in [0.05, 0.1) is 16.1 Å². The third-order valence-corrected chi connectivity index (χ3v) is 3.78. The number of carbonyl (C=O) groups excluding carboxylic acids is 1. The lowest BCUT2D eigenvalue weighted by atomic mass is 10.1. The SMILES string of the molecule is O=Cc1c(-c2ccccc2[N+](=O)[O-])nn(-c2ccccc2F)c1Cl. The van der Waals surface area contributed by atoms with Crippen LogP contribution in [0.15, 0.2) is 48.5 Å². The fraction of sp³-hybridized carbons (Fsp3) is 0. The van der Waals surface area contributed by atoms with E-state index in [4.69, 9.17) is 11.6 Å². The lowest BCUT2D eigenvalue weighted by Crippen LogP contribution is -2.00. The Kier molecular flexibility index (Phi) is 4.09. The van der Waals surface area contributed by atoms with E-state index in [9.17, 15) is 19.3 Å². The summed E-state index contributed by atoms with van der Waals surface area (Å²) in [5.41, 5.74) is -0.0905. The van der Waals surface area contributed by atoms with Crippen molar-refractivity contribution in [1.29, 1.82) is 0 Å².